The van der Waals surface area contributed by atoms with Crippen LogP contribution in [0.4, 0.5) is 0 Å². The summed E-state index contributed by atoms with van der Waals surface area (Å²) in [4.78, 5) is 13.3. The van der Waals surface area contributed by atoms with E-state index in [1.54, 1.807) is 4.90 Å². The van der Waals surface area contributed by atoms with Gasteiger partial charge in [0.1, 0.15) is 5.75 Å². The molecule has 0 spiro atoms. The van der Waals surface area contributed by atoms with Crippen LogP contribution in [0, 0.1) is 0 Å². The average Bonchev–Trinajstić information content (AvgIpc) is 1.99. The minimum atomic E-state index is -3.23. The van der Waals surface area contributed by atoms with E-state index in [4.69, 9.17) is 5.73 Å². The van der Waals surface area contributed by atoms with Crippen LogP contribution in [0.25, 0.3) is 0 Å². The van der Waals surface area contributed by atoms with Crippen LogP contribution >= 0.6 is 0 Å². The number of nitrogens with two attached hydrogens (primary N) is 1. The maximum Gasteiger partial charge on any atom is 0.237 e. The van der Waals surface area contributed by atoms with Gasteiger partial charge < -0.3 is 10.6 Å². The first kappa shape index (κ1) is 12.4. The maximum absolute atomic E-state index is 11.6. The lowest BCUT2D eigenvalue weighted by molar-refractivity contribution is -0.131. The highest BCUT2D eigenvalue weighted by atomic mass is 32.2. The summed E-state index contributed by atoms with van der Waals surface area (Å²) in [7, 11) is -3.23. The van der Waals surface area contributed by atoms with Gasteiger partial charge in [-0.25, -0.2) is 8.42 Å². The Kier molecular flexibility index (Phi) is 3.72. The summed E-state index contributed by atoms with van der Waals surface area (Å²) >= 11 is 0. The van der Waals surface area contributed by atoms with E-state index in [0.29, 0.717) is 6.54 Å². The minimum Gasteiger partial charge on any atom is -0.339 e. The van der Waals surface area contributed by atoms with Gasteiger partial charge in [0.25, 0.3) is 0 Å². The molecule has 5 nitrogen and oxygen atoms in total. The Morgan fingerprint density at radius 1 is 1.53 bits per heavy atom. The van der Waals surface area contributed by atoms with E-state index in [9.17, 15) is 13.2 Å². The first-order valence-corrected chi connectivity index (χ1v) is 7.08. The van der Waals surface area contributed by atoms with Crippen molar-refractivity contribution >= 4 is 15.7 Å². The molecule has 0 aromatic carbocycles. The van der Waals surface area contributed by atoms with Crippen molar-refractivity contribution in [1.29, 1.82) is 0 Å². The smallest absolute Gasteiger partial charge is 0.237 e. The molecule has 1 rings (SSSR count). The number of piperidine rings is 1. The molecule has 0 saturated carbocycles. The predicted octanol–water partition coefficient (Wildman–Crippen LogP) is -0.631. The van der Waals surface area contributed by atoms with Crippen molar-refractivity contribution in [3.63, 3.8) is 0 Å². The number of hydrogen-bond donors (Lipinski definition) is 1. The van der Waals surface area contributed by atoms with Crippen molar-refractivity contribution in [3.05, 3.63) is 0 Å². The number of amides is 1. The number of nitrogens with zero attached hydrogens (tertiary/aromatic N) is 1. The van der Waals surface area contributed by atoms with Crippen LogP contribution in [-0.2, 0) is 14.6 Å². The molecule has 2 atom stereocenters. The highest BCUT2D eigenvalue weighted by molar-refractivity contribution is 7.91. The van der Waals surface area contributed by atoms with Crippen molar-refractivity contribution in [2.24, 2.45) is 5.73 Å². The van der Waals surface area contributed by atoms with E-state index < -0.39 is 15.6 Å². The first-order chi connectivity index (χ1) is 6.79. The third kappa shape index (κ3) is 3.79. The highest BCUT2D eigenvalue weighted by Crippen LogP contribution is 2.16. The molecule has 1 aliphatic rings. The van der Waals surface area contributed by atoms with E-state index in [2.05, 4.69) is 0 Å². The SMILES string of the molecule is CC1CC(N)CCN1C(=O)CS(C)(=O)=O. The summed E-state index contributed by atoms with van der Waals surface area (Å²) in [5.41, 5.74) is 5.76. The van der Waals surface area contributed by atoms with Crippen LogP contribution in [0.3, 0.4) is 0 Å². The van der Waals surface area contributed by atoms with Gasteiger partial charge in [0, 0.05) is 24.9 Å². The second-order valence-electron chi connectivity index (χ2n) is 4.29. The van der Waals surface area contributed by atoms with Gasteiger partial charge in [-0.1, -0.05) is 0 Å². The molecule has 1 amide bonds. The fraction of sp³-hybridized carbons (Fsp3) is 0.889. The van der Waals surface area contributed by atoms with Gasteiger partial charge in [-0.05, 0) is 19.8 Å². The zero-order valence-corrected chi connectivity index (χ0v) is 9.96. The second-order valence-corrected chi connectivity index (χ2v) is 6.43. The van der Waals surface area contributed by atoms with Gasteiger partial charge in [-0.15, -0.1) is 0 Å². The van der Waals surface area contributed by atoms with Crippen LogP contribution in [0.2, 0.25) is 0 Å². The van der Waals surface area contributed by atoms with Crippen LogP contribution in [-0.4, -0.2) is 49.9 Å². The summed E-state index contributed by atoms with van der Waals surface area (Å²) < 4.78 is 22.0. The van der Waals surface area contributed by atoms with Crippen molar-refractivity contribution in [3.8, 4) is 0 Å². The Balaban J connectivity index is 2.61. The van der Waals surface area contributed by atoms with Gasteiger partial charge in [-0.2, -0.15) is 0 Å². The number of carbonyl (C=O) groups is 1. The molecule has 88 valence electrons. The van der Waals surface area contributed by atoms with Crippen LogP contribution < -0.4 is 5.73 Å². The maximum atomic E-state index is 11.6. The average molecular weight is 234 g/mol. The zero-order valence-electron chi connectivity index (χ0n) is 9.14. The largest absolute Gasteiger partial charge is 0.339 e. The lowest BCUT2D eigenvalue weighted by Gasteiger charge is -2.36. The third-order valence-corrected chi connectivity index (χ3v) is 3.39. The molecule has 0 radical (unpaired) electrons. The molecule has 2 N–H and O–H groups in total. The monoisotopic (exact) mass is 234 g/mol. The number of sulfone groups is 1. The fourth-order valence-corrected chi connectivity index (χ4v) is 2.50. The molecule has 0 aromatic heterocycles. The quantitative estimate of drug-likeness (QED) is 0.690. The van der Waals surface area contributed by atoms with E-state index in [1.165, 1.54) is 0 Å². The van der Waals surface area contributed by atoms with E-state index in [0.717, 1.165) is 19.1 Å². The Labute approximate surface area is 90.5 Å². The highest BCUT2D eigenvalue weighted by Gasteiger charge is 2.28. The summed E-state index contributed by atoms with van der Waals surface area (Å²) in [6, 6.07) is 0.172. The van der Waals surface area contributed by atoms with E-state index in [1.807, 2.05) is 6.92 Å². The zero-order chi connectivity index (χ0) is 11.6. The van der Waals surface area contributed by atoms with Crippen LogP contribution in [0.1, 0.15) is 19.8 Å². The Hall–Kier alpha value is -0.620. The van der Waals surface area contributed by atoms with Gasteiger partial charge in [0.2, 0.25) is 5.91 Å². The summed E-state index contributed by atoms with van der Waals surface area (Å²) in [6.07, 6.45) is 2.57. The standard InChI is InChI=1S/C9H18N2O3S/c1-7-5-8(10)3-4-11(7)9(12)6-15(2,13)14/h7-8H,3-6,10H2,1-2H3. The van der Waals surface area contributed by atoms with Crippen molar-refractivity contribution in [2.45, 2.75) is 31.8 Å². The summed E-state index contributed by atoms with van der Waals surface area (Å²) in [6.45, 7) is 2.47. The molecular formula is C9H18N2O3S. The third-order valence-electron chi connectivity index (χ3n) is 2.62. The summed E-state index contributed by atoms with van der Waals surface area (Å²) in [5.74, 6) is -0.705. The van der Waals surface area contributed by atoms with E-state index >= 15 is 0 Å². The second kappa shape index (κ2) is 4.49. The number of likely N-dealkylation sites (tertiary alicyclic amines) is 1. The van der Waals surface area contributed by atoms with Crippen molar-refractivity contribution < 1.29 is 13.2 Å². The van der Waals surface area contributed by atoms with Crippen LogP contribution in [0.15, 0.2) is 0 Å². The van der Waals surface area contributed by atoms with Gasteiger partial charge in [0.05, 0.1) is 0 Å². The molecule has 1 heterocycles. The molecule has 1 aliphatic heterocycles. The number of hydrogen-bond acceptors (Lipinski definition) is 4. The molecule has 0 aliphatic carbocycles. The minimum absolute atomic E-state index is 0.0444. The Morgan fingerprint density at radius 2 is 2.13 bits per heavy atom. The topological polar surface area (TPSA) is 80.5 Å². The van der Waals surface area contributed by atoms with E-state index in [-0.39, 0.29) is 18.0 Å². The Bertz CT molecular complexity index is 339. The molecular weight excluding hydrogens is 216 g/mol. The lowest BCUT2D eigenvalue weighted by Crippen LogP contribution is -2.49. The normalized spacial score (nSPS) is 27.8. The molecule has 6 heteroatoms. The fourth-order valence-electron chi connectivity index (χ4n) is 1.89. The molecule has 1 fully saturated rings. The van der Waals surface area contributed by atoms with Crippen molar-refractivity contribution in [1.82, 2.24) is 4.90 Å². The van der Waals surface area contributed by atoms with Crippen molar-refractivity contribution in [2.75, 3.05) is 18.6 Å². The Morgan fingerprint density at radius 3 is 2.60 bits per heavy atom. The predicted molar refractivity (Wildman–Crippen MR) is 58.1 cm³/mol. The lowest BCUT2D eigenvalue weighted by atomic mass is 9.99. The number of carbonyl (C=O) groups excluding carboxylic acids is 1. The van der Waals surface area contributed by atoms with Gasteiger partial charge in [-0.3, -0.25) is 4.79 Å². The van der Waals surface area contributed by atoms with Gasteiger partial charge in [0.15, 0.2) is 9.84 Å². The summed E-state index contributed by atoms with van der Waals surface area (Å²) in [5, 5.41) is 0. The molecule has 0 bridgehead atoms. The first-order valence-electron chi connectivity index (χ1n) is 5.02. The molecule has 2 unspecified atom stereocenters. The van der Waals surface area contributed by atoms with Gasteiger partial charge >= 0.3 is 0 Å². The number of rotatable bonds is 2. The molecule has 0 aromatic rings. The molecule has 15 heavy (non-hydrogen) atoms. The van der Waals surface area contributed by atoms with Crippen LogP contribution in [0.5, 0.6) is 0 Å². The molecule has 1 saturated heterocycles.